The minimum atomic E-state index is -2.12. The lowest BCUT2D eigenvalue weighted by atomic mass is 9.89. The van der Waals surface area contributed by atoms with E-state index in [0.29, 0.717) is 5.69 Å². The van der Waals surface area contributed by atoms with Crippen LogP contribution in [0.2, 0.25) is 0 Å². The highest BCUT2D eigenvalue weighted by Crippen LogP contribution is 2.71. The minimum absolute atomic E-state index is 0.0159. The molecule has 13 heteroatoms. The molecule has 4 amide bonds. The van der Waals surface area contributed by atoms with Crippen molar-refractivity contribution in [3.8, 4) is 0 Å². The lowest BCUT2D eigenvalue weighted by Crippen LogP contribution is -2.50. The van der Waals surface area contributed by atoms with Crippen LogP contribution in [0.5, 0.6) is 0 Å². The van der Waals surface area contributed by atoms with Gasteiger partial charge in [0.05, 0.1) is 16.1 Å². The number of imide groups is 1. The predicted octanol–water partition coefficient (Wildman–Crippen LogP) is 7.57. The normalized spacial score (nSPS) is 22.1. The van der Waals surface area contributed by atoms with Gasteiger partial charge in [-0.1, -0.05) is 37.4 Å². The smallest absolute Gasteiger partial charge is 0.346 e. The number of hydrazine groups is 1. The topological polar surface area (TPSA) is 90.0 Å². The van der Waals surface area contributed by atoms with E-state index in [4.69, 9.17) is 0 Å². The van der Waals surface area contributed by atoms with Crippen LogP contribution >= 0.6 is 67.1 Å². The molecule has 0 aromatic heterocycles. The Morgan fingerprint density at radius 1 is 1.18 bits per heavy atom. The van der Waals surface area contributed by atoms with Crippen LogP contribution in [0.1, 0.15) is 49.9 Å². The summed E-state index contributed by atoms with van der Waals surface area (Å²) in [5.74, 6) is 2.11. The molecule has 0 saturated carbocycles. The van der Waals surface area contributed by atoms with Gasteiger partial charge < -0.3 is 4.89 Å². The predicted molar refractivity (Wildman–Crippen MR) is 168 cm³/mol. The largest absolute Gasteiger partial charge is 0.351 e. The van der Waals surface area contributed by atoms with E-state index in [-0.39, 0.29) is 5.75 Å². The summed E-state index contributed by atoms with van der Waals surface area (Å²) in [6, 6.07) is 1.50. The number of nitrogens with one attached hydrogen (secondary N) is 1. The van der Waals surface area contributed by atoms with Crippen molar-refractivity contribution in [3.05, 3.63) is 48.9 Å². The van der Waals surface area contributed by atoms with E-state index < -0.39 is 29.6 Å². The van der Waals surface area contributed by atoms with Crippen LogP contribution < -0.4 is 10.1 Å². The van der Waals surface area contributed by atoms with Gasteiger partial charge in [0.25, 0.3) is 5.91 Å². The van der Waals surface area contributed by atoms with E-state index in [1.807, 2.05) is 30.4 Å². The van der Waals surface area contributed by atoms with Crippen molar-refractivity contribution in [2.45, 2.75) is 44.5 Å². The fourth-order valence-corrected chi connectivity index (χ4v) is 13.4. The van der Waals surface area contributed by atoms with Crippen molar-refractivity contribution in [1.29, 1.82) is 0 Å². The average Bonchev–Trinajstić information content (AvgIpc) is 3.20. The number of thioether (sulfide) groups is 5. The van der Waals surface area contributed by atoms with Gasteiger partial charge in [-0.05, 0) is 77.0 Å². The molecule has 1 unspecified atom stereocenters. The number of allylic oxidation sites excluding steroid dienone is 1. The molecule has 0 spiro atoms. The zero-order valence-corrected chi connectivity index (χ0v) is 26.6. The Morgan fingerprint density at radius 2 is 1.89 bits per heavy atom. The number of fused-ring (bicyclic) bond motifs is 3. The van der Waals surface area contributed by atoms with Crippen LogP contribution in [-0.2, 0) is 10.5 Å². The number of hydrogen-bond donors (Lipinski definition) is 2. The van der Waals surface area contributed by atoms with Gasteiger partial charge in [0.1, 0.15) is 4.08 Å². The van der Waals surface area contributed by atoms with E-state index in [2.05, 4.69) is 50.7 Å². The molecule has 0 aliphatic carbocycles. The van der Waals surface area contributed by atoms with Crippen molar-refractivity contribution >= 4 is 102 Å². The molecule has 38 heavy (non-hydrogen) atoms. The molecule has 4 heterocycles. The number of amides is 4. The molecule has 5 rings (SSSR count). The van der Waals surface area contributed by atoms with Crippen molar-refractivity contribution in [1.82, 2.24) is 10.4 Å². The van der Waals surface area contributed by atoms with Crippen LogP contribution in [0.25, 0.3) is 11.6 Å². The first-order chi connectivity index (χ1) is 18.2. The van der Waals surface area contributed by atoms with Crippen molar-refractivity contribution in [3.63, 3.8) is 0 Å². The summed E-state index contributed by atoms with van der Waals surface area (Å²) in [5, 5.41) is 2.29. The Labute approximate surface area is 245 Å². The lowest BCUT2D eigenvalue weighted by Gasteiger charge is -2.47. The number of carbonyl (C=O) groups is 3. The van der Waals surface area contributed by atoms with Crippen LogP contribution in [0.4, 0.5) is 15.3 Å². The number of hydrogen-bond acceptors (Lipinski definition) is 9. The minimum Gasteiger partial charge on any atom is -0.351 e. The molecular formula is C25H28N3O4PS5. The van der Waals surface area contributed by atoms with Gasteiger partial charge in [0.2, 0.25) is 0 Å². The Bertz CT molecular complexity index is 1320. The van der Waals surface area contributed by atoms with Crippen LogP contribution in [-0.4, -0.2) is 48.4 Å². The third-order valence-corrected chi connectivity index (χ3v) is 14.6. The van der Waals surface area contributed by atoms with Crippen molar-refractivity contribution < 1.29 is 19.3 Å². The van der Waals surface area contributed by atoms with Gasteiger partial charge in [0.15, 0.2) is 8.30 Å². The zero-order valence-electron chi connectivity index (χ0n) is 21.6. The Hall–Kier alpha value is -1.01. The Balaban J connectivity index is 1.75. The summed E-state index contributed by atoms with van der Waals surface area (Å²) >= 11 is 7.84. The van der Waals surface area contributed by atoms with Gasteiger partial charge in [-0.2, -0.15) is 5.01 Å². The SMILES string of the molecule is CCSC1(SCC)C(C)=C(C)SC2=C1c1cc3c(c(C)c1N(C(=O)NN1C(=O)CSC1=O)P2O)C=CSC3. The summed E-state index contributed by atoms with van der Waals surface area (Å²) < 4.78 is 1.77. The maximum Gasteiger partial charge on any atom is 0.346 e. The molecule has 1 atom stereocenters. The Kier molecular flexibility index (Phi) is 8.33. The molecule has 0 bridgehead atoms. The average molecular weight is 626 g/mol. The second kappa shape index (κ2) is 11.1. The fourth-order valence-electron chi connectivity index (χ4n) is 5.01. The van der Waals surface area contributed by atoms with E-state index in [0.717, 1.165) is 65.8 Å². The lowest BCUT2D eigenvalue weighted by molar-refractivity contribution is -0.126. The third kappa shape index (κ3) is 4.48. The molecule has 202 valence electrons. The summed E-state index contributed by atoms with van der Waals surface area (Å²) in [5.41, 5.74) is 9.54. The maximum absolute atomic E-state index is 13.8. The summed E-state index contributed by atoms with van der Waals surface area (Å²) in [6.07, 6.45) is 2.06. The molecule has 4 aliphatic heterocycles. The number of benzene rings is 1. The second-order valence-corrected chi connectivity index (χ2v) is 16.8. The molecule has 1 saturated heterocycles. The van der Waals surface area contributed by atoms with E-state index >= 15 is 0 Å². The number of nitrogens with zero attached hydrogens (tertiary/aromatic N) is 2. The fraction of sp³-hybridized carbons (Fsp3) is 0.400. The molecule has 1 aromatic rings. The van der Waals surface area contributed by atoms with Crippen LogP contribution in [0, 0.1) is 6.92 Å². The number of carbonyl (C=O) groups excluding carboxylic acids is 3. The molecule has 4 aliphatic rings. The standard InChI is InChI=1S/C25H28N3O4PS5/c1-6-36-25(37-7-2)14(4)15(5)38-22-20(25)18-10-16-11-34-9-8-17(16)13(3)21(18)28(33(22)32)23(30)26-27-19(29)12-35-24(27)31/h8-10,32H,6-7,11-12H2,1-5H3,(H,26,30). The molecular weight excluding hydrogens is 598 g/mol. The highest BCUT2D eigenvalue weighted by Gasteiger charge is 2.51. The summed E-state index contributed by atoms with van der Waals surface area (Å²) in [4.78, 5) is 51.5. The van der Waals surface area contributed by atoms with Crippen molar-refractivity contribution in [2.24, 2.45) is 0 Å². The monoisotopic (exact) mass is 625 g/mol. The summed E-state index contributed by atoms with van der Waals surface area (Å²) in [6.45, 7) is 10.6. The van der Waals surface area contributed by atoms with Crippen LogP contribution in [0.3, 0.4) is 0 Å². The number of anilines is 1. The number of urea groups is 1. The Morgan fingerprint density at radius 3 is 2.53 bits per heavy atom. The van der Waals surface area contributed by atoms with E-state index in [1.54, 1.807) is 11.8 Å². The van der Waals surface area contributed by atoms with Crippen molar-refractivity contribution in [2.75, 3.05) is 21.9 Å². The van der Waals surface area contributed by atoms with Gasteiger partial charge in [0, 0.05) is 16.9 Å². The van der Waals surface area contributed by atoms with Gasteiger partial charge >= 0.3 is 11.3 Å². The maximum atomic E-state index is 13.8. The first-order valence-corrected chi connectivity index (χ1v) is 18.2. The molecule has 1 aromatic carbocycles. The molecule has 7 nitrogen and oxygen atoms in total. The first-order valence-electron chi connectivity index (χ1n) is 12.1. The summed E-state index contributed by atoms with van der Waals surface area (Å²) in [7, 11) is -2.12. The second-order valence-electron chi connectivity index (χ2n) is 8.83. The molecule has 2 N–H and O–H groups in total. The highest BCUT2D eigenvalue weighted by molar-refractivity contribution is 8.20. The highest BCUT2D eigenvalue weighted by atomic mass is 32.2. The van der Waals surface area contributed by atoms with Gasteiger partial charge in [-0.25, -0.2) is 14.9 Å². The third-order valence-electron chi connectivity index (χ3n) is 6.76. The first kappa shape index (κ1) is 28.5. The van der Waals surface area contributed by atoms with E-state index in [1.165, 1.54) is 27.6 Å². The number of rotatable bonds is 5. The quantitative estimate of drug-likeness (QED) is 0.254. The van der Waals surface area contributed by atoms with Gasteiger partial charge in [-0.3, -0.25) is 9.59 Å². The molecule has 0 radical (unpaired) electrons. The van der Waals surface area contributed by atoms with E-state index in [9.17, 15) is 19.3 Å². The van der Waals surface area contributed by atoms with Crippen LogP contribution in [0.15, 0.2) is 26.6 Å². The van der Waals surface area contributed by atoms with Gasteiger partial charge in [-0.15, -0.1) is 35.3 Å². The zero-order chi connectivity index (χ0) is 27.4. The molecule has 1 fully saturated rings.